The molecule has 1 saturated heterocycles. The maximum atomic E-state index is 11.8. The Labute approximate surface area is 124 Å². The van der Waals surface area contributed by atoms with Gasteiger partial charge in [-0.1, -0.05) is 0 Å². The molecule has 1 aliphatic heterocycles. The van der Waals surface area contributed by atoms with E-state index in [0.717, 1.165) is 31.6 Å². The van der Waals surface area contributed by atoms with Gasteiger partial charge < -0.3 is 15.5 Å². The van der Waals surface area contributed by atoms with E-state index in [0.29, 0.717) is 6.04 Å². The van der Waals surface area contributed by atoms with Gasteiger partial charge in [0.1, 0.15) is 6.42 Å². The zero-order chi connectivity index (χ0) is 14.7. The maximum absolute atomic E-state index is 11.8. The van der Waals surface area contributed by atoms with E-state index in [4.69, 9.17) is 0 Å². The number of hydrogen-bond acceptors (Lipinski definition) is 3. The normalized spacial score (nSPS) is 17.6. The Kier molecular flexibility index (Phi) is 4.08. The molecule has 0 atom stereocenters. The first kappa shape index (κ1) is 13.9. The van der Waals surface area contributed by atoms with Crippen LogP contribution >= 0.6 is 0 Å². The minimum absolute atomic E-state index is 0.107. The van der Waals surface area contributed by atoms with E-state index in [2.05, 4.69) is 15.5 Å². The molecule has 1 aromatic carbocycles. The molecule has 0 radical (unpaired) electrons. The quantitative estimate of drug-likeness (QED) is 0.813. The average Bonchev–Trinajstić information content (AvgIpc) is 3.09. The van der Waals surface area contributed by atoms with Gasteiger partial charge in [0.25, 0.3) is 0 Å². The van der Waals surface area contributed by atoms with E-state index in [1.54, 1.807) is 0 Å². The number of anilines is 2. The smallest absolute Gasteiger partial charge is 0.233 e. The summed E-state index contributed by atoms with van der Waals surface area (Å²) >= 11 is 0. The number of benzene rings is 1. The maximum Gasteiger partial charge on any atom is 0.233 e. The molecule has 1 aromatic rings. The Bertz CT molecular complexity index is 517. The summed E-state index contributed by atoms with van der Waals surface area (Å²) < 4.78 is 0. The highest BCUT2D eigenvalue weighted by Gasteiger charge is 2.24. The first-order valence-electron chi connectivity index (χ1n) is 7.65. The van der Waals surface area contributed by atoms with Gasteiger partial charge in [0, 0.05) is 30.5 Å². The van der Waals surface area contributed by atoms with E-state index in [1.807, 2.05) is 24.3 Å². The number of carbonyl (C=O) groups is 2. The van der Waals surface area contributed by atoms with Gasteiger partial charge in [-0.25, -0.2) is 0 Å². The van der Waals surface area contributed by atoms with Crippen molar-refractivity contribution < 1.29 is 9.59 Å². The monoisotopic (exact) mass is 287 g/mol. The van der Waals surface area contributed by atoms with E-state index >= 15 is 0 Å². The van der Waals surface area contributed by atoms with E-state index < -0.39 is 0 Å². The fraction of sp³-hybridized carbons (Fsp3) is 0.500. The van der Waals surface area contributed by atoms with Crippen molar-refractivity contribution in [2.75, 3.05) is 23.3 Å². The third kappa shape index (κ3) is 3.97. The minimum atomic E-state index is -0.262. The van der Waals surface area contributed by atoms with Gasteiger partial charge in [0.15, 0.2) is 0 Å². The average molecular weight is 287 g/mol. The second kappa shape index (κ2) is 6.16. The number of rotatable bonds is 5. The molecule has 0 spiro atoms. The Hall–Kier alpha value is -2.04. The molecule has 2 fully saturated rings. The van der Waals surface area contributed by atoms with Gasteiger partial charge in [-0.3, -0.25) is 9.59 Å². The lowest BCUT2D eigenvalue weighted by atomic mass is 10.2. The predicted octanol–water partition coefficient (Wildman–Crippen LogP) is 1.89. The molecule has 1 aliphatic carbocycles. The topological polar surface area (TPSA) is 61.4 Å². The summed E-state index contributed by atoms with van der Waals surface area (Å²) in [6.45, 7) is 2.21. The minimum Gasteiger partial charge on any atom is -0.372 e. The van der Waals surface area contributed by atoms with Gasteiger partial charge in [-0.15, -0.1) is 0 Å². The van der Waals surface area contributed by atoms with Crippen molar-refractivity contribution in [1.82, 2.24) is 5.32 Å². The first-order valence-corrected chi connectivity index (χ1v) is 7.65. The van der Waals surface area contributed by atoms with Crippen molar-refractivity contribution in [3.05, 3.63) is 24.3 Å². The van der Waals surface area contributed by atoms with Crippen LogP contribution in [0.3, 0.4) is 0 Å². The van der Waals surface area contributed by atoms with Crippen LogP contribution in [0.2, 0.25) is 0 Å². The number of carbonyl (C=O) groups excluding carboxylic acids is 2. The van der Waals surface area contributed by atoms with Crippen molar-refractivity contribution in [1.29, 1.82) is 0 Å². The number of amides is 2. The van der Waals surface area contributed by atoms with Crippen molar-refractivity contribution in [2.45, 2.75) is 38.1 Å². The Morgan fingerprint density at radius 3 is 2.33 bits per heavy atom. The van der Waals surface area contributed by atoms with Gasteiger partial charge in [0.05, 0.1) is 0 Å². The van der Waals surface area contributed by atoms with Crippen LogP contribution in [0, 0.1) is 0 Å². The lowest BCUT2D eigenvalue weighted by Crippen LogP contribution is -2.29. The molecule has 2 N–H and O–H groups in total. The SMILES string of the molecule is O=C(CC(=O)NC1CC1)Nc1ccc(N2CCCC2)cc1. The third-order valence-corrected chi connectivity index (χ3v) is 3.89. The largest absolute Gasteiger partial charge is 0.372 e. The molecule has 0 aromatic heterocycles. The summed E-state index contributed by atoms with van der Waals surface area (Å²) in [4.78, 5) is 25.7. The summed E-state index contributed by atoms with van der Waals surface area (Å²) in [6, 6.07) is 8.12. The van der Waals surface area contributed by atoms with Crippen LogP contribution in [-0.4, -0.2) is 30.9 Å². The summed E-state index contributed by atoms with van der Waals surface area (Å²) in [5, 5.41) is 5.58. The summed E-state index contributed by atoms with van der Waals surface area (Å²) in [5.74, 6) is -0.453. The van der Waals surface area contributed by atoms with Gasteiger partial charge >= 0.3 is 0 Å². The molecule has 0 bridgehead atoms. The molecule has 3 rings (SSSR count). The van der Waals surface area contributed by atoms with E-state index in [-0.39, 0.29) is 18.2 Å². The first-order chi connectivity index (χ1) is 10.2. The molecular formula is C16H21N3O2. The van der Waals surface area contributed by atoms with Crippen LogP contribution < -0.4 is 15.5 Å². The fourth-order valence-electron chi connectivity index (χ4n) is 2.59. The van der Waals surface area contributed by atoms with Crippen LogP contribution in [0.25, 0.3) is 0 Å². The van der Waals surface area contributed by atoms with Gasteiger partial charge in [0.2, 0.25) is 11.8 Å². The van der Waals surface area contributed by atoms with Crippen molar-refractivity contribution in [2.24, 2.45) is 0 Å². The van der Waals surface area contributed by atoms with Crippen LogP contribution in [-0.2, 0) is 9.59 Å². The van der Waals surface area contributed by atoms with Crippen LogP contribution in [0.1, 0.15) is 32.1 Å². The molecule has 5 nitrogen and oxygen atoms in total. The lowest BCUT2D eigenvalue weighted by molar-refractivity contribution is -0.126. The lowest BCUT2D eigenvalue weighted by Gasteiger charge is -2.17. The molecule has 0 unspecified atom stereocenters. The molecule has 1 saturated carbocycles. The molecule has 5 heteroatoms. The fourth-order valence-corrected chi connectivity index (χ4v) is 2.59. The molecule has 1 heterocycles. The Morgan fingerprint density at radius 1 is 1.05 bits per heavy atom. The summed E-state index contributed by atoms with van der Waals surface area (Å²) in [6.07, 6.45) is 4.45. The van der Waals surface area contributed by atoms with Crippen molar-refractivity contribution in [3.8, 4) is 0 Å². The van der Waals surface area contributed by atoms with Crippen molar-refractivity contribution >= 4 is 23.2 Å². The molecule has 21 heavy (non-hydrogen) atoms. The van der Waals surface area contributed by atoms with E-state index in [9.17, 15) is 9.59 Å². The van der Waals surface area contributed by atoms with Gasteiger partial charge in [-0.2, -0.15) is 0 Å². The Balaban J connectivity index is 1.49. The summed E-state index contributed by atoms with van der Waals surface area (Å²) in [7, 11) is 0. The molecule has 2 aliphatic rings. The second-order valence-corrected chi connectivity index (χ2v) is 5.81. The Morgan fingerprint density at radius 2 is 1.71 bits per heavy atom. The number of nitrogens with zero attached hydrogens (tertiary/aromatic N) is 1. The zero-order valence-electron chi connectivity index (χ0n) is 12.1. The zero-order valence-corrected chi connectivity index (χ0v) is 12.1. The van der Waals surface area contributed by atoms with Gasteiger partial charge in [-0.05, 0) is 49.9 Å². The molecule has 2 amide bonds. The number of nitrogens with one attached hydrogen (secondary N) is 2. The highest BCUT2D eigenvalue weighted by molar-refractivity contribution is 6.03. The number of hydrogen-bond donors (Lipinski definition) is 2. The second-order valence-electron chi connectivity index (χ2n) is 5.81. The van der Waals surface area contributed by atoms with Crippen LogP contribution in [0.4, 0.5) is 11.4 Å². The van der Waals surface area contributed by atoms with Crippen LogP contribution in [0.15, 0.2) is 24.3 Å². The standard InChI is InChI=1S/C16H21N3O2/c20-15(17-12-3-4-12)11-16(21)18-13-5-7-14(8-6-13)19-9-1-2-10-19/h5-8,12H,1-4,9-11H2,(H,17,20)(H,18,21). The molecular weight excluding hydrogens is 266 g/mol. The third-order valence-electron chi connectivity index (χ3n) is 3.89. The molecule has 112 valence electrons. The highest BCUT2D eigenvalue weighted by atomic mass is 16.2. The highest BCUT2D eigenvalue weighted by Crippen LogP contribution is 2.22. The van der Waals surface area contributed by atoms with Crippen LogP contribution in [0.5, 0.6) is 0 Å². The summed E-state index contributed by atoms with van der Waals surface area (Å²) in [5.41, 5.74) is 1.93. The van der Waals surface area contributed by atoms with Crippen molar-refractivity contribution in [3.63, 3.8) is 0 Å². The predicted molar refractivity (Wildman–Crippen MR) is 82.3 cm³/mol. The van der Waals surface area contributed by atoms with E-state index in [1.165, 1.54) is 18.5 Å².